The van der Waals surface area contributed by atoms with E-state index in [9.17, 15) is 18.0 Å². The number of halogens is 3. The van der Waals surface area contributed by atoms with Crippen LogP contribution in [0.4, 0.5) is 24.8 Å². The molecular weight excluding hydrogens is 337 g/mol. The number of rotatable bonds is 7. The van der Waals surface area contributed by atoms with Crippen molar-refractivity contribution in [2.24, 2.45) is 0 Å². The predicted molar refractivity (Wildman–Crippen MR) is 85.6 cm³/mol. The van der Waals surface area contributed by atoms with Crippen LogP contribution < -0.4 is 10.6 Å². The fourth-order valence-electron chi connectivity index (χ4n) is 1.93. The van der Waals surface area contributed by atoms with Gasteiger partial charge >= 0.3 is 6.18 Å². The Bertz CT molecular complexity index is 705. The molecule has 0 spiro atoms. The Labute approximate surface area is 142 Å². The maximum Gasteiger partial charge on any atom is 0.416 e. The van der Waals surface area contributed by atoms with E-state index in [2.05, 4.69) is 20.6 Å². The maximum absolute atomic E-state index is 12.5. The Morgan fingerprint density at radius 1 is 1.20 bits per heavy atom. The summed E-state index contributed by atoms with van der Waals surface area (Å²) in [6, 6.07) is 5.89. The maximum atomic E-state index is 12.5. The lowest BCUT2D eigenvalue weighted by Gasteiger charge is -2.09. The first kappa shape index (κ1) is 18.7. The van der Waals surface area contributed by atoms with Crippen molar-refractivity contribution < 1.29 is 22.7 Å². The summed E-state index contributed by atoms with van der Waals surface area (Å²) in [5.41, 5.74) is -0.212. The third kappa shape index (κ3) is 5.71. The Hall–Kier alpha value is -2.68. The zero-order valence-electron chi connectivity index (χ0n) is 13.4. The first-order valence-electron chi connectivity index (χ1n) is 7.44. The van der Waals surface area contributed by atoms with E-state index in [-0.39, 0.29) is 17.5 Å². The van der Waals surface area contributed by atoms with Gasteiger partial charge in [-0.3, -0.25) is 4.79 Å². The first-order chi connectivity index (χ1) is 11.9. The summed E-state index contributed by atoms with van der Waals surface area (Å²) in [5.74, 6) is -0.252. The van der Waals surface area contributed by atoms with Crippen LogP contribution >= 0.6 is 0 Å². The number of carbonyl (C=O) groups excluding carboxylic acids is 1. The van der Waals surface area contributed by atoms with Crippen molar-refractivity contribution in [2.75, 3.05) is 25.6 Å². The van der Waals surface area contributed by atoms with E-state index in [1.807, 2.05) is 0 Å². The lowest BCUT2D eigenvalue weighted by molar-refractivity contribution is -0.137. The third-order valence-corrected chi connectivity index (χ3v) is 3.17. The molecule has 2 rings (SSSR count). The molecule has 0 saturated heterocycles. The fourth-order valence-corrected chi connectivity index (χ4v) is 1.93. The molecule has 1 aromatic heterocycles. The molecule has 134 valence electrons. The van der Waals surface area contributed by atoms with Gasteiger partial charge in [0.25, 0.3) is 5.91 Å². The smallest absolute Gasteiger partial charge is 0.385 e. The minimum absolute atomic E-state index is 0.115. The number of methoxy groups -OCH3 is 1. The highest BCUT2D eigenvalue weighted by Crippen LogP contribution is 2.30. The van der Waals surface area contributed by atoms with E-state index in [0.717, 1.165) is 12.1 Å². The lowest BCUT2D eigenvalue weighted by atomic mass is 10.2. The number of aromatic nitrogens is 2. The van der Waals surface area contributed by atoms with Gasteiger partial charge in [-0.15, -0.1) is 0 Å². The minimum Gasteiger partial charge on any atom is -0.385 e. The number of ether oxygens (including phenoxy) is 1. The van der Waals surface area contributed by atoms with Crippen molar-refractivity contribution in [2.45, 2.75) is 12.6 Å². The van der Waals surface area contributed by atoms with Crippen LogP contribution in [0.2, 0.25) is 0 Å². The van der Waals surface area contributed by atoms with Crippen LogP contribution in [0.5, 0.6) is 0 Å². The largest absolute Gasteiger partial charge is 0.416 e. The molecule has 9 heteroatoms. The molecule has 6 nitrogen and oxygen atoms in total. The predicted octanol–water partition coefficient (Wildman–Crippen LogP) is 3.01. The van der Waals surface area contributed by atoms with Gasteiger partial charge in [-0.1, -0.05) is 0 Å². The van der Waals surface area contributed by atoms with Gasteiger partial charge < -0.3 is 15.4 Å². The van der Waals surface area contributed by atoms with Crippen molar-refractivity contribution in [3.8, 4) is 0 Å². The van der Waals surface area contributed by atoms with Gasteiger partial charge in [0.15, 0.2) is 0 Å². The normalized spacial score (nSPS) is 11.2. The van der Waals surface area contributed by atoms with E-state index in [0.29, 0.717) is 25.3 Å². The lowest BCUT2D eigenvalue weighted by Crippen LogP contribution is -2.26. The molecule has 1 amide bonds. The number of alkyl halides is 3. The van der Waals surface area contributed by atoms with Crippen LogP contribution in [0, 0.1) is 0 Å². The molecule has 2 N–H and O–H groups in total. The van der Waals surface area contributed by atoms with E-state index >= 15 is 0 Å². The van der Waals surface area contributed by atoms with Gasteiger partial charge in [-0.25, -0.2) is 9.97 Å². The molecule has 2 aromatic rings. The molecule has 0 aliphatic carbocycles. The summed E-state index contributed by atoms with van der Waals surface area (Å²) in [6.07, 6.45) is -2.33. The molecule has 0 radical (unpaired) electrons. The standard InChI is InChI=1S/C16H17F3N4O2/c1-25-10-2-8-20-14(24)13-7-9-21-15(23-13)22-12-5-3-11(4-6-12)16(17,18)19/h3-7,9H,2,8,10H2,1H3,(H,20,24)(H,21,22,23). The average molecular weight is 354 g/mol. The zero-order valence-corrected chi connectivity index (χ0v) is 13.4. The summed E-state index contributed by atoms with van der Waals surface area (Å²) < 4.78 is 42.5. The fraction of sp³-hybridized carbons (Fsp3) is 0.312. The topological polar surface area (TPSA) is 76.1 Å². The van der Waals surface area contributed by atoms with Crippen LogP contribution in [0.1, 0.15) is 22.5 Å². The quantitative estimate of drug-likeness (QED) is 0.748. The molecule has 0 bridgehead atoms. The Kier molecular flexibility index (Phi) is 6.29. The second-order valence-corrected chi connectivity index (χ2v) is 5.07. The second kappa shape index (κ2) is 8.43. The molecule has 1 aromatic carbocycles. The van der Waals surface area contributed by atoms with Gasteiger partial charge in [-0.2, -0.15) is 13.2 Å². The molecule has 0 aliphatic rings. The van der Waals surface area contributed by atoms with Crippen molar-refractivity contribution in [1.29, 1.82) is 0 Å². The number of anilines is 2. The van der Waals surface area contributed by atoms with Gasteiger partial charge in [0, 0.05) is 32.1 Å². The number of hydrogen-bond donors (Lipinski definition) is 2. The van der Waals surface area contributed by atoms with Gasteiger partial charge in [0.05, 0.1) is 5.56 Å². The summed E-state index contributed by atoms with van der Waals surface area (Å²) in [4.78, 5) is 20.0. The SMILES string of the molecule is COCCCNC(=O)c1ccnc(Nc2ccc(C(F)(F)F)cc2)n1. The van der Waals surface area contributed by atoms with Crippen LogP contribution in [-0.4, -0.2) is 36.1 Å². The molecule has 25 heavy (non-hydrogen) atoms. The number of amides is 1. The van der Waals surface area contributed by atoms with Gasteiger partial charge in [0.2, 0.25) is 5.95 Å². The van der Waals surface area contributed by atoms with Crippen molar-refractivity contribution in [3.63, 3.8) is 0 Å². The summed E-state index contributed by atoms with van der Waals surface area (Å²) in [7, 11) is 1.57. The van der Waals surface area contributed by atoms with Crippen molar-refractivity contribution >= 4 is 17.5 Å². The highest BCUT2D eigenvalue weighted by atomic mass is 19.4. The van der Waals surface area contributed by atoms with E-state index in [4.69, 9.17) is 4.74 Å². The first-order valence-corrected chi connectivity index (χ1v) is 7.44. The number of nitrogens with zero attached hydrogens (tertiary/aromatic N) is 2. The van der Waals surface area contributed by atoms with Crippen molar-refractivity contribution in [1.82, 2.24) is 15.3 Å². The Morgan fingerprint density at radius 3 is 2.56 bits per heavy atom. The summed E-state index contributed by atoms with van der Waals surface area (Å²) >= 11 is 0. The zero-order chi connectivity index (χ0) is 18.3. The van der Waals surface area contributed by atoms with Gasteiger partial charge in [0.1, 0.15) is 5.69 Å². The van der Waals surface area contributed by atoms with Crippen LogP contribution in [0.3, 0.4) is 0 Å². The minimum atomic E-state index is -4.39. The molecule has 0 fully saturated rings. The summed E-state index contributed by atoms with van der Waals surface area (Å²) in [5, 5.41) is 5.45. The molecule has 0 saturated carbocycles. The summed E-state index contributed by atoms with van der Waals surface area (Å²) in [6.45, 7) is 0.975. The molecular formula is C16H17F3N4O2. The van der Waals surface area contributed by atoms with Crippen molar-refractivity contribution in [3.05, 3.63) is 47.8 Å². The number of carbonyl (C=O) groups is 1. The average Bonchev–Trinajstić information content (AvgIpc) is 2.58. The molecule has 0 aliphatic heterocycles. The second-order valence-electron chi connectivity index (χ2n) is 5.07. The Balaban J connectivity index is 2.00. The monoisotopic (exact) mass is 354 g/mol. The van der Waals surface area contributed by atoms with E-state index in [1.165, 1.54) is 24.4 Å². The number of hydrogen-bond acceptors (Lipinski definition) is 5. The number of benzene rings is 1. The Morgan fingerprint density at radius 2 is 1.92 bits per heavy atom. The van der Waals surface area contributed by atoms with E-state index < -0.39 is 11.7 Å². The number of nitrogens with one attached hydrogen (secondary N) is 2. The van der Waals surface area contributed by atoms with E-state index in [1.54, 1.807) is 7.11 Å². The molecule has 1 heterocycles. The van der Waals surface area contributed by atoms with Crippen LogP contribution in [-0.2, 0) is 10.9 Å². The molecule has 0 atom stereocenters. The third-order valence-electron chi connectivity index (χ3n) is 3.17. The van der Waals surface area contributed by atoms with Gasteiger partial charge in [-0.05, 0) is 36.8 Å². The molecule has 0 unspecified atom stereocenters. The van der Waals surface area contributed by atoms with Crippen LogP contribution in [0.25, 0.3) is 0 Å². The van der Waals surface area contributed by atoms with Crippen LogP contribution in [0.15, 0.2) is 36.5 Å². The highest BCUT2D eigenvalue weighted by molar-refractivity contribution is 5.92. The highest BCUT2D eigenvalue weighted by Gasteiger charge is 2.29.